The molecule has 0 saturated carbocycles. The number of carboxylic acids is 1. The minimum Gasteiger partial charge on any atom is -0.479 e. The van der Waals surface area contributed by atoms with Gasteiger partial charge in [0.2, 0.25) is 0 Å². The first-order valence-corrected chi connectivity index (χ1v) is 5.05. The normalized spacial score (nSPS) is 14.2. The molecule has 0 bridgehead atoms. The molecule has 0 heterocycles. The lowest BCUT2D eigenvalue weighted by Gasteiger charge is -2.19. The molecular weight excluding hydrogens is 206 g/mol. The first kappa shape index (κ1) is 12.5. The Kier molecular flexibility index (Phi) is 3.55. The number of aliphatic carboxylic acids is 1. The first-order valence-electron chi connectivity index (χ1n) is 5.05. The van der Waals surface area contributed by atoms with Gasteiger partial charge in [0.1, 0.15) is 0 Å². The first-order chi connectivity index (χ1) is 7.33. The van der Waals surface area contributed by atoms with Crippen LogP contribution in [-0.4, -0.2) is 35.9 Å². The molecule has 0 aliphatic rings. The second-order valence-corrected chi connectivity index (χ2v) is 4.32. The van der Waals surface area contributed by atoms with Gasteiger partial charge in [-0.25, -0.2) is 4.79 Å². The Morgan fingerprint density at radius 3 is 2.56 bits per heavy atom. The van der Waals surface area contributed by atoms with Crippen LogP contribution in [0, 0.1) is 0 Å². The fourth-order valence-electron chi connectivity index (χ4n) is 1.42. The maximum Gasteiger partial charge on any atom is 0.335 e. The average Bonchev–Trinajstić information content (AvgIpc) is 2.17. The van der Waals surface area contributed by atoms with Gasteiger partial charge in [-0.1, -0.05) is 12.1 Å². The fourth-order valence-corrected chi connectivity index (χ4v) is 1.42. The van der Waals surface area contributed by atoms with Crippen molar-refractivity contribution in [3.05, 3.63) is 29.8 Å². The van der Waals surface area contributed by atoms with Gasteiger partial charge in [0.05, 0.1) is 0 Å². The molecule has 4 heteroatoms. The van der Waals surface area contributed by atoms with Crippen LogP contribution in [0.3, 0.4) is 0 Å². The summed E-state index contributed by atoms with van der Waals surface area (Å²) in [6.07, 6.45) is 0.101. The summed E-state index contributed by atoms with van der Waals surface area (Å²) in [6.45, 7) is 1.30. The molecule has 1 aromatic carbocycles. The fraction of sp³-hybridized carbons (Fsp3) is 0.417. The zero-order chi connectivity index (χ0) is 12.3. The molecule has 0 amide bonds. The molecule has 0 saturated heterocycles. The third-order valence-corrected chi connectivity index (χ3v) is 2.44. The number of nitrogens with zero attached hydrogens (tertiary/aromatic N) is 1. The highest BCUT2D eigenvalue weighted by Gasteiger charge is 2.29. The van der Waals surface area contributed by atoms with Gasteiger partial charge in [-0.3, -0.25) is 0 Å². The molecule has 0 fully saturated rings. The number of carboxylic acid groups (broad SMARTS) is 1. The lowest BCUT2D eigenvalue weighted by molar-refractivity contribution is -0.156. The van der Waals surface area contributed by atoms with Crippen LogP contribution in [-0.2, 0) is 11.2 Å². The molecule has 2 N–H and O–H groups in total. The number of hydrogen-bond acceptors (Lipinski definition) is 3. The van der Waals surface area contributed by atoms with Crippen LogP contribution in [0.25, 0.3) is 0 Å². The molecule has 0 radical (unpaired) electrons. The Balaban J connectivity index is 2.90. The molecule has 1 aromatic rings. The van der Waals surface area contributed by atoms with E-state index < -0.39 is 11.6 Å². The van der Waals surface area contributed by atoms with Crippen molar-refractivity contribution in [2.24, 2.45) is 0 Å². The van der Waals surface area contributed by atoms with Crippen molar-refractivity contribution in [1.82, 2.24) is 0 Å². The summed E-state index contributed by atoms with van der Waals surface area (Å²) < 4.78 is 0. The zero-order valence-corrected chi connectivity index (χ0v) is 9.77. The van der Waals surface area contributed by atoms with Crippen molar-refractivity contribution < 1.29 is 15.0 Å². The minimum absolute atomic E-state index is 0.101. The van der Waals surface area contributed by atoms with E-state index >= 15 is 0 Å². The van der Waals surface area contributed by atoms with E-state index in [4.69, 9.17) is 5.11 Å². The van der Waals surface area contributed by atoms with Gasteiger partial charge in [-0.15, -0.1) is 0 Å². The molecule has 0 aliphatic carbocycles. The Morgan fingerprint density at radius 1 is 1.44 bits per heavy atom. The van der Waals surface area contributed by atoms with Gasteiger partial charge in [0, 0.05) is 26.2 Å². The molecule has 16 heavy (non-hydrogen) atoms. The van der Waals surface area contributed by atoms with Gasteiger partial charge in [0.25, 0.3) is 0 Å². The number of carbonyl (C=O) groups is 1. The van der Waals surface area contributed by atoms with Crippen molar-refractivity contribution >= 4 is 11.7 Å². The highest BCUT2D eigenvalue weighted by Crippen LogP contribution is 2.18. The van der Waals surface area contributed by atoms with E-state index in [1.807, 2.05) is 43.3 Å². The third-order valence-electron chi connectivity index (χ3n) is 2.44. The Hall–Kier alpha value is -1.55. The van der Waals surface area contributed by atoms with Crippen LogP contribution in [0.5, 0.6) is 0 Å². The van der Waals surface area contributed by atoms with E-state index in [0.717, 1.165) is 11.3 Å². The number of anilines is 1. The maximum absolute atomic E-state index is 10.8. The van der Waals surface area contributed by atoms with Gasteiger partial charge in [-0.05, 0) is 24.6 Å². The van der Waals surface area contributed by atoms with Gasteiger partial charge >= 0.3 is 5.97 Å². The monoisotopic (exact) mass is 223 g/mol. The molecule has 0 aromatic heterocycles. The van der Waals surface area contributed by atoms with Crippen LogP contribution < -0.4 is 4.90 Å². The number of rotatable bonds is 4. The van der Waals surface area contributed by atoms with Crippen LogP contribution in [0.15, 0.2) is 24.3 Å². The van der Waals surface area contributed by atoms with Crippen molar-refractivity contribution in [3.8, 4) is 0 Å². The summed E-state index contributed by atoms with van der Waals surface area (Å²) in [5.74, 6) is -1.21. The van der Waals surface area contributed by atoms with Crippen molar-refractivity contribution in [2.75, 3.05) is 19.0 Å². The molecule has 4 nitrogen and oxygen atoms in total. The highest BCUT2D eigenvalue weighted by atomic mass is 16.4. The molecule has 88 valence electrons. The van der Waals surface area contributed by atoms with E-state index in [-0.39, 0.29) is 6.42 Å². The average molecular weight is 223 g/mol. The van der Waals surface area contributed by atoms with Gasteiger partial charge < -0.3 is 15.1 Å². The second kappa shape index (κ2) is 4.53. The topological polar surface area (TPSA) is 60.8 Å². The van der Waals surface area contributed by atoms with Crippen LogP contribution in [0.4, 0.5) is 5.69 Å². The Labute approximate surface area is 95.1 Å². The molecule has 1 unspecified atom stereocenters. The summed E-state index contributed by atoms with van der Waals surface area (Å²) in [6, 6.07) is 7.46. The van der Waals surface area contributed by atoms with E-state index in [0.29, 0.717) is 0 Å². The number of hydrogen-bond donors (Lipinski definition) is 2. The quantitative estimate of drug-likeness (QED) is 0.803. The summed E-state index contributed by atoms with van der Waals surface area (Å²) in [5, 5.41) is 18.5. The lowest BCUT2D eigenvalue weighted by atomic mass is 9.96. The summed E-state index contributed by atoms with van der Waals surface area (Å²) >= 11 is 0. The third kappa shape index (κ3) is 2.97. The van der Waals surface area contributed by atoms with Crippen LogP contribution in [0.1, 0.15) is 12.5 Å². The lowest BCUT2D eigenvalue weighted by Crippen LogP contribution is -2.37. The van der Waals surface area contributed by atoms with E-state index in [1.165, 1.54) is 6.92 Å². The Morgan fingerprint density at radius 2 is 2.06 bits per heavy atom. The van der Waals surface area contributed by atoms with E-state index in [2.05, 4.69) is 0 Å². The summed E-state index contributed by atoms with van der Waals surface area (Å²) in [5.41, 5.74) is 0.0718. The smallest absolute Gasteiger partial charge is 0.335 e. The standard InChI is InChI=1S/C12H17NO3/c1-12(16,11(14)15)8-9-5-4-6-10(7-9)13(2)3/h4-7,16H,8H2,1-3H3,(H,14,15). The zero-order valence-electron chi connectivity index (χ0n) is 9.77. The largest absolute Gasteiger partial charge is 0.479 e. The minimum atomic E-state index is -1.72. The van der Waals surface area contributed by atoms with Crippen molar-refractivity contribution in [3.63, 3.8) is 0 Å². The number of benzene rings is 1. The van der Waals surface area contributed by atoms with E-state index in [9.17, 15) is 9.90 Å². The maximum atomic E-state index is 10.8. The SMILES string of the molecule is CN(C)c1cccc(CC(C)(O)C(=O)O)c1. The molecule has 0 spiro atoms. The molecule has 0 aliphatic heterocycles. The van der Waals surface area contributed by atoms with Crippen molar-refractivity contribution in [2.45, 2.75) is 18.9 Å². The summed E-state index contributed by atoms with van der Waals surface area (Å²) in [7, 11) is 3.82. The highest BCUT2D eigenvalue weighted by molar-refractivity contribution is 5.77. The predicted molar refractivity (Wildman–Crippen MR) is 62.7 cm³/mol. The van der Waals surface area contributed by atoms with Crippen LogP contribution >= 0.6 is 0 Å². The summed E-state index contributed by atoms with van der Waals surface area (Å²) in [4.78, 5) is 12.7. The predicted octanol–water partition coefficient (Wildman–Crippen LogP) is 1.13. The van der Waals surface area contributed by atoms with Gasteiger partial charge in [0.15, 0.2) is 5.60 Å². The van der Waals surface area contributed by atoms with Crippen molar-refractivity contribution in [1.29, 1.82) is 0 Å². The second-order valence-electron chi connectivity index (χ2n) is 4.32. The molecular formula is C12H17NO3. The molecule has 1 atom stereocenters. The van der Waals surface area contributed by atoms with Gasteiger partial charge in [-0.2, -0.15) is 0 Å². The van der Waals surface area contributed by atoms with Crippen LogP contribution in [0.2, 0.25) is 0 Å². The van der Waals surface area contributed by atoms with E-state index in [1.54, 1.807) is 0 Å². The molecule has 1 rings (SSSR count). The number of aliphatic hydroxyl groups is 1. The Bertz CT molecular complexity index is 386.